The lowest BCUT2D eigenvalue weighted by atomic mass is 10.0. The highest BCUT2D eigenvalue weighted by Crippen LogP contribution is 2.27. The van der Waals surface area contributed by atoms with E-state index in [0.717, 1.165) is 37.0 Å². The highest BCUT2D eigenvalue weighted by atomic mass is 32.2. The molecule has 0 aliphatic carbocycles. The van der Waals surface area contributed by atoms with Crippen molar-refractivity contribution in [3.8, 4) is 0 Å². The smallest absolute Gasteiger partial charge is 0.326 e. The monoisotopic (exact) mass is 533 g/mol. The maximum atomic E-state index is 13.8. The molecule has 1 saturated heterocycles. The number of hydrogen-bond donors (Lipinski definition) is 0. The molecule has 1 aliphatic heterocycles. The molecule has 0 radical (unpaired) electrons. The Labute approximate surface area is 213 Å². The third-order valence-electron chi connectivity index (χ3n) is 6.19. The fourth-order valence-electron chi connectivity index (χ4n) is 4.38. The number of hydrogen-bond acceptors (Lipinski definition) is 6. The summed E-state index contributed by atoms with van der Waals surface area (Å²) < 4.78 is 48.8. The van der Waals surface area contributed by atoms with Gasteiger partial charge in [-0.1, -0.05) is 24.7 Å². The molecule has 2 aromatic carbocycles. The summed E-state index contributed by atoms with van der Waals surface area (Å²) >= 11 is 1.08. The number of nitrogens with zero attached hydrogens (tertiary/aromatic N) is 3. The third kappa shape index (κ3) is 5.42. The van der Waals surface area contributed by atoms with Crippen molar-refractivity contribution in [2.24, 2.45) is 4.99 Å². The molecule has 0 spiro atoms. The SMILES string of the molecule is CCOC(=O)Cn1c(=NC(=O)c2ccc(S(=O)(=O)N3CCCCC3CC)cc2)sc2cc(F)ccc21. The number of ether oxygens (including phenoxy) is 1. The zero-order chi connectivity index (χ0) is 25.9. The minimum absolute atomic E-state index is 0.0206. The van der Waals surface area contributed by atoms with Crippen molar-refractivity contribution >= 4 is 43.5 Å². The van der Waals surface area contributed by atoms with Crippen LogP contribution in [0, 0.1) is 5.82 Å². The van der Waals surface area contributed by atoms with Crippen molar-refractivity contribution < 1.29 is 27.1 Å². The number of halogens is 1. The van der Waals surface area contributed by atoms with Gasteiger partial charge < -0.3 is 9.30 Å². The molecule has 192 valence electrons. The van der Waals surface area contributed by atoms with Crippen molar-refractivity contribution in [3.63, 3.8) is 0 Å². The van der Waals surface area contributed by atoms with Gasteiger partial charge in [0.15, 0.2) is 4.80 Å². The van der Waals surface area contributed by atoms with Crippen molar-refractivity contribution in [2.75, 3.05) is 13.2 Å². The number of thiazole rings is 1. The van der Waals surface area contributed by atoms with E-state index in [4.69, 9.17) is 4.74 Å². The Kier molecular flexibility index (Phi) is 8.01. The Balaban J connectivity index is 1.65. The number of fused-ring (bicyclic) bond motifs is 1. The van der Waals surface area contributed by atoms with Gasteiger partial charge in [0, 0.05) is 18.2 Å². The molecule has 0 N–H and O–H groups in total. The first-order chi connectivity index (χ1) is 17.2. The fraction of sp³-hybridized carbons (Fsp3) is 0.400. The average molecular weight is 534 g/mol. The summed E-state index contributed by atoms with van der Waals surface area (Å²) in [6, 6.07) is 9.81. The molecule has 1 aliphatic rings. The second-order valence-electron chi connectivity index (χ2n) is 8.50. The summed E-state index contributed by atoms with van der Waals surface area (Å²) in [4.78, 5) is 29.6. The van der Waals surface area contributed by atoms with Gasteiger partial charge in [-0.15, -0.1) is 0 Å². The van der Waals surface area contributed by atoms with E-state index in [2.05, 4.69) is 4.99 Å². The van der Waals surface area contributed by atoms with Gasteiger partial charge in [0.05, 0.1) is 21.7 Å². The van der Waals surface area contributed by atoms with Gasteiger partial charge in [-0.05, 0) is 68.7 Å². The van der Waals surface area contributed by atoms with E-state index in [1.807, 2.05) is 6.92 Å². The molecule has 4 rings (SSSR count). The van der Waals surface area contributed by atoms with E-state index in [-0.39, 0.29) is 34.5 Å². The maximum Gasteiger partial charge on any atom is 0.326 e. The first-order valence-electron chi connectivity index (χ1n) is 11.9. The minimum Gasteiger partial charge on any atom is -0.465 e. The number of rotatable bonds is 7. The van der Waals surface area contributed by atoms with E-state index in [1.165, 1.54) is 47.0 Å². The molecule has 1 amide bonds. The standard InChI is InChI=1S/C25H28FN3O5S2/c1-3-19-7-5-6-14-29(19)36(32,33)20-11-8-17(9-12-20)24(31)27-25-28(16-23(30)34-4-2)21-13-10-18(26)15-22(21)35-25/h8-13,15,19H,3-7,14,16H2,1-2H3. The Bertz CT molecular complexity index is 1440. The summed E-state index contributed by atoms with van der Waals surface area (Å²) in [6.45, 7) is 4.18. The Morgan fingerprint density at radius 2 is 1.89 bits per heavy atom. The zero-order valence-corrected chi connectivity index (χ0v) is 21.8. The van der Waals surface area contributed by atoms with Crippen LogP contribution in [-0.2, 0) is 26.1 Å². The highest BCUT2D eigenvalue weighted by molar-refractivity contribution is 7.89. The quantitative estimate of drug-likeness (QED) is 0.426. The number of benzene rings is 2. The van der Waals surface area contributed by atoms with Gasteiger partial charge in [-0.2, -0.15) is 9.30 Å². The molecule has 3 aromatic rings. The van der Waals surface area contributed by atoms with E-state index in [0.29, 0.717) is 16.8 Å². The van der Waals surface area contributed by atoms with Crippen LogP contribution in [0.5, 0.6) is 0 Å². The van der Waals surface area contributed by atoms with Gasteiger partial charge >= 0.3 is 5.97 Å². The largest absolute Gasteiger partial charge is 0.465 e. The van der Waals surface area contributed by atoms with Crippen LogP contribution in [0.4, 0.5) is 4.39 Å². The first kappa shape index (κ1) is 26.2. The summed E-state index contributed by atoms with van der Waals surface area (Å²) in [7, 11) is -3.67. The molecule has 8 nitrogen and oxygen atoms in total. The molecule has 36 heavy (non-hydrogen) atoms. The molecule has 1 atom stereocenters. The fourth-order valence-corrected chi connectivity index (χ4v) is 7.20. The van der Waals surface area contributed by atoms with Crippen LogP contribution < -0.4 is 4.80 Å². The molecule has 1 aromatic heterocycles. The number of carbonyl (C=O) groups is 2. The number of aromatic nitrogens is 1. The van der Waals surface area contributed by atoms with Crippen molar-refractivity contribution in [2.45, 2.75) is 57.0 Å². The normalized spacial score (nSPS) is 17.4. The van der Waals surface area contributed by atoms with E-state index < -0.39 is 27.7 Å². The third-order valence-corrected chi connectivity index (χ3v) is 9.19. The van der Waals surface area contributed by atoms with Crippen molar-refractivity contribution in [1.82, 2.24) is 8.87 Å². The maximum absolute atomic E-state index is 13.8. The number of sulfonamides is 1. The van der Waals surface area contributed by atoms with Gasteiger partial charge in [0.25, 0.3) is 5.91 Å². The predicted octanol–water partition coefficient (Wildman–Crippen LogP) is 4.10. The van der Waals surface area contributed by atoms with Gasteiger partial charge in [0.1, 0.15) is 12.4 Å². The molecular formula is C25H28FN3O5S2. The van der Waals surface area contributed by atoms with Crippen LogP contribution in [0.25, 0.3) is 10.2 Å². The number of carbonyl (C=O) groups excluding carboxylic acids is 2. The molecule has 11 heteroatoms. The van der Waals surface area contributed by atoms with Crippen molar-refractivity contribution in [3.05, 3.63) is 58.6 Å². The summed E-state index contributed by atoms with van der Waals surface area (Å²) in [6.07, 6.45) is 3.44. The van der Waals surface area contributed by atoms with E-state index >= 15 is 0 Å². The highest BCUT2D eigenvalue weighted by Gasteiger charge is 2.32. The summed E-state index contributed by atoms with van der Waals surface area (Å²) in [5.74, 6) is -1.55. The predicted molar refractivity (Wildman–Crippen MR) is 135 cm³/mol. The van der Waals surface area contributed by atoms with Crippen LogP contribution >= 0.6 is 11.3 Å². The summed E-state index contributed by atoms with van der Waals surface area (Å²) in [5, 5.41) is 0. The summed E-state index contributed by atoms with van der Waals surface area (Å²) in [5.41, 5.74) is 0.750. The molecule has 0 saturated carbocycles. The van der Waals surface area contributed by atoms with Crippen LogP contribution in [0.1, 0.15) is 49.9 Å². The molecule has 1 fully saturated rings. The van der Waals surface area contributed by atoms with Crippen LogP contribution in [0.3, 0.4) is 0 Å². The topological polar surface area (TPSA) is 98.0 Å². The van der Waals surface area contributed by atoms with Crippen LogP contribution in [-0.4, -0.2) is 48.4 Å². The Hall–Kier alpha value is -2.89. The first-order valence-corrected chi connectivity index (χ1v) is 14.2. The Morgan fingerprint density at radius 1 is 1.14 bits per heavy atom. The van der Waals surface area contributed by atoms with Crippen LogP contribution in [0.15, 0.2) is 52.4 Å². The minimum atomic E-state index is -3.67. The van der Waals surface area contributed by atoms with Gasteiger partial charge in [-0.25, -0.2) is 12.8 Å². The number of piperidine rings is 1. The number of esters is 1. The molecule has 1 unspecified atom stereocenters. The molecular weight excluding hydrogens is 505 g/mol. The zero-order valence-electron chi connectivity index (χ0n) is 20.1. The average Bonchev–Trinajstić information content (AvgIpc) is 3.19. The second kappa shape index (κ2) is 11.0. The molecule has 0 bridgehead atoms. The Morgan fingerprint density at radius 3 is 2.58 bits per heavy atom. The lowest BCUT2D eigenvalue weighted by molar-refractivity contribution is -0.143. The van der Waals surface area contributed by atoms with Gasteiger partial charge in [0.2, 0.25) is 10.0 Å². The van der Waals surface area contributed by atoms with E-state index in [9.17, 15) is 22.4 Å². The molecule has 2 heterocycles. The van der Waals surface area contributed by atoms with Crippen molar-refractivity contribution in [1.29, 1.82) is 0 Å². The number of amides is 1. The lowest BCUT2D eigenvalue weighted by Crippen LogP contribution is -2.43. The lowest BCUT2D eigenvalue weighted by Gasteiger charge is -2.34. The van der Waals surface area contributed by atoms with Crippen LogP contribution in [0.2, 0.25) is 0 Å². The van der Waals surface area contributed by atoms with Gasteiger partial charge in [-0.3, -0.25) is 9.59 Å². The second-order valence-corrected chi connectivity index (χ2v) is 11.4. The van der Waals surface area contributed by atoms with E-state index in [1.54, 1.807) is 11.2 Å².